The molecule has 1 N–H and O–H groups in total. The third kappa shape index (κ3) is 6.47. The summed E-state index contributed by atoms with van der Waals surface area (Å²) in [6.45, 7) is 8.05. The second-order valence-corrected chi connectivity index (χ2v) is 5.18. The summed E-state index contributed by atoms with van der Waals surface area (Å²) in [5, 5.41) is 13.9. The molecule has 0 fully saturated rings. The van der Waals surface area contributed by atoms with Crippen molar-refractivity contribution < 1.29 is 9.66 Å². The van der Waals surface area contributed by atoms with Crippen LogP contribution in [0.5, 0.6) is 0 Å². The molecule has 0 aromatic heterocycles. The van der Waals surface area contributed by atoms with E-state index in [9.17, 15) is 10.1 Å². The highest BCUT2D eigenvalue weighted by molar-refractivity contribution is 9.10. The lowest BCUT2D eigenvalue weighted by Gasteiger charge is -2.06. The van der Waals surface area contributed by atoms with Crippen LogP contribution in [0.4, 0.5) is 5.69 Å². The van der Waals surface area contributed by atoms with Gasteiger partial charge in [-0.2, -0.15) is 0 Å². The maximum Gasteiger partial charge on any atom is 0.270 e. The smallest absolute Gasteiger partial charge is 0.270 e. The predicted molar refractivity (Wildman–Crippen MR) is 78.1 cm³/mol. The van der Waals surface area contributed by atoms with E-state index in [1.807, 2.05) is 13.0 Å². The van der Waals surface area contributed by atoms with E-state index < -0.39 is 4.92 Å². The van der Waals surface area contributed by atoms with Crippen LogP contribution in [0.15, 0.2) is 34.8 Å². The average molecular weight is 329 g/mol. The quantitative estimate of drug-likeness (QED) is 0.345. The maximum absolute atomic E-state index is 10.7. The van der Waals surface area contributed by atoms with E-state index in [0.717, 1.165) is 11.1 Å². The summed E-state index contributed by atoms with van der Waals surface area (Å²) < 4.78 is 6.04. The van der Waals surface area contributed by atoms with Gasteiger partial charge in [0.05, 0.1) is 18.1 Å². The van der Waals surface area contributed by atoms with Crippen molar-refractivity contribution in [3.05, 3.63) is 50.5 Å². The molecule has 0 amide bonds. The van der Waals surface area contributed by atoms with Gasteiger partial charge >= 0.3 is 0 Å². The molecule has 0 aliphatic heterocycles. The third-order valence-electron chi connectivity index (χ3n) is 2.25. The number of rotatable bonds is 8. The first-order valence-corrected chi connectivity index (χ1v) is 6.65. The van der Waals surface area contributed by atoms with E-state index in [0.29, 0.717) is 30.8 Å². The van der Waals surface area contributed by atoms with E-state index in [2.05, 4.69) is 27.8 Å². The average Bonchev–Trinajstić information content (AvgIpc) is 2.32. The minimum atomic E-state index is -0.399. The number of ether oxygens (including phenoxy) is 1. The standard InChI is InChI=1S/C13H17BrN2O3/c1-10(2)9-19-4-3-15-8-11-5-12(14)7-13(6-11)16(17)18/h5-7,15H,1,3-4,8-9H2,2H3. The van der Waals surface area contributed by atoms with Crippen molar-refractivity contribution in [3.63, 3.8) is 0 Å². The number of hydrogen-bond acceptors (Lipinski definition) is 4. The minimum Gasteiger partial charge on any atom is -0.376 e. The Morgan fingerprint density at radius 1 is 1.53 bits per heavy atom. The van der Waals surface area contributed by atoms with Crippen LogP contribution < -0.4 is 5.32 Å². The van der Waals surface area contributed by atoms with Gasteiger partial charge in [-0.1, -0.05) is 28.1 Å². The zero-order chi connectivity index (χ0) is 14.3. The van der Waals surface area contributed by atoms with Gasteiger partial charge in [0.25, 0.3) is 5.69 Å². The summed E-state index contributed by atoms with van der Waals surface area (Å²) in [6.07, 6.45) is 0. The monoisotopic (exact) mass is 328 g/mol. The Morgan fingerprint density at radius 3 is 2.89 bits per heavy atom. The number of non-ortho nitro benzene ring substituents is 1. The molecule has 1 aromatic rings. The SMILES string of the molecule is C=C(C)COCCNCc1cc(Br)cc([N+](=O)[O-])c1. The summed E-state index contributed by atoms with van der Waals surface area (Å²) in [6, 6.07) is 4.90. The van der Waals surface area contributed by atoms with E-state index in [-0.39, 0.29) is 5.69 Å². The Labute approximate surface area is 120 Å². The number of nitro groups is 1. The molecule has 0 radical (unpaired) electrons. The molecule has 104 valence electrons. The fourth-order valence-electron chi connectivity index (χ4n) is 1.46. The van der Waals surface area contributed by atoms with E-state index in [1.54, 1.807) is 6.07 Å². The number of benzene rings is 1. The fourth-order valence-corrected chi connectivity index (χ4v) is 1.99. The van der Waals surface area contributed by atoms with E-state index >= 15 is 0 Å². The summed E-state index contributed by atoms with van der Waals surface area (Å²) in [5.74, 6) is 0. The Balaban J connectivity index is 2.37. The van der Waals surface area contributed by atoms with E-state index in [1.165, 1.54) is 6.07 Å². The minimum absolute atomic E-state index is 0.0877. The lowest BCUT2D eigenvalue weighted by atomic mass is 10.2. The van der Waals surface area contributed by atoms with Crippen molar-refractivity contribution in [1.29, 1.82) is 0 Å². The van der Waals surface area contributed by atoms with Gasteiger partial charge in [0.1, 0.15) is 0 Å². The van der Waals surface area contributed by atoms with Crippen LogP contribution in [0, 0.1) is 10.1 Å². The first-order chi connectivity index (χ1) is 8.99. The lowest BCUT2D eigenvalue weighted by molar-refractivity contribution is -0.385. The Bertz CT molecular complexity index is 463. The number of halogens is 1. The second kappa shape index (κ2) is 8.04. The summed E-state index contributed by atoms with van der Waals surface area (Å²) in [4.78, 5) is 10.3. The lowest BCUT2D eigenvalue weighted by Crippen LogP contribution is -2.19. The maximum atomic E-state index is 10.7. The summed E-state index contributed by atoms with van der Waals surface area (Å²) in [7, 11) is 0. The fraction of sp³-hybridized carbons (Fsp3) is 0.385. The molecule has 1 rings (SSSR count). The molecule has 0 saturated carbocycles. The van der Waals surface area contributed by atoms with Crippen molar-refractivity contribution in [3.8, 4) is 0 Å². The van der Waals surface area contributed by atoms with Gasteiger partial charge in [0.15, 0.2) is 0 Å². The highest BCUT2D eigenvalue weighted by Gasteiger charge is 2.08. The van der Waals surface area contributed by atoms with Gasteiger partial charge in [-0.05, 0) is 18.6 Å². The molecule has 0 aliphatic rings. The first-order valence-electron chi connectivity index (χ1n) is 5.85. The van der Waals surface area contributed by atoms with Crippen LogP contribution in [0.1, 0.15) is 12.5 Å². The van der Waals surface area contributed by atoms with Gasteiger partial charge in [0.2, 0.25) is 0 Å². The predicted octanol–water partition coefficient (Wildman–Crippen LogP) is 3.04. The van der Waals surface area contributed by atoms with Gasteiger partial charge in [-0.3, -0.25) is 10.1 Å². The molecule has 0 spiro atoms. The molecule has 0 heterocycles. The Kier molecular flexibility index (Phi) is 6.69. The molecular formula is C13H17BrN2O3. The van der Waals surface area contributed by atoms with Crippen molar-refractivity contribution in [2.24, 2.45) is 0 Å². The van der Waals surface area contributed by atoms with Crippen molar-refractivity contribution >= 4 is 21.6 Å². The molecule has 6 heteroatoms. The van der Waals surface area contributed by atoms with Gasteiger partial charge in [0, 0.05) is 29.7 Å². The zero-order valence-electron chi connectivity index (χ0n) is 10.8. The molecule has 0 saturated heterocycles. The molecule has 0 aliphatic carbocycles. The highest BCUT2D eigenvalue weighted by atomic mass is 79.9. The van der Waals surface area contributed by atoms with Gasteiger partial charge < -0.3 is 10.1 Å². The molecule has 0 bridgehead atoms. The Morgan fingerprint density at radius 2 is 2.26 bits per heavy atom. The topological polar surface area (TPSA) is 64.4 Å². The van der Waals surface area contributed by atoms with Crippen LogP contribution in [-0.2, 0) is 11.3 Å². The van der Waals surface area contributed by atoms with Crippen LogP contribution in [0.2, 0.25) is 0 Å². The third-order valence-corrected chi connectivity index (χ3v) is 2.71. The first kappa shape index (κ1) is 15.8. The largest absolute Gasteiger partial charge is 0.376 e. The molecule has 0 atom stereocenters. The number of hydrogen-bond donors (Lipinski definition) is 1. The van der Waals surface area contributed by atoms with Crippen LogP contribution in [-0.4, -0.2) is 24.7 Å². The number of nitrogens with one attached hydrogen (secondary N) is 1. The van der Waals surface area contributed by atoms with Crippen molar-refractivity contribution in [2.45, 2.75) is 13.5 Å². The number of nitrogens with zero attached hydrogens (tertiary/aromatic N) is 1. The van der Waals surface area contributed by atoms with Gasteiger partial charge in [-0.15, -0.1) is 0 Å². The molecule has 19 heavy (non-hydrogen) atoms. The number of nitro benzene ring substituents is 1. The normalized spacial score (nSPS) is 10.4. The van der Waals surface area contributed by atoms with Crippen molar-refractivity contribution in [1.82, 2.24) is 5.32 Å². The van der Waals surface area contributed by atoms with Crippen molar-refractivity contribution in [2.75, 3.05) is 19.8 Å². The highest BCUT2D eigenvalue weighted by Crippen LogP contribution is 2.21. The Hall–Kier alpha value is -1.24. The zero-order valence-corrected chi connectivity index (χ0v) is 12.4. The summed E-state index contributed by atoms with van der Waals surface area (Å²) in [5.41, 5.74) is 1.94. The van der Waals surface area contributed by atoms with Gasteiger partial charge in [-0.25, -0.2) is 0 Å². The molecule has 0 unspecified atom stereocenters. The molecule has 1 aromatic carbocycles. The molecule has 5 nitrogen and oxygen atoms in total. The van der Waals surface area contributed by atoms with Crippen LogP contribution in [0.3, 0.4) is 0 Å². The van der Waals surface area contributed by atoms with Crippen LogP contribution in [0.25, 0.3) is 0 Å². The van der Waals surface area contributed by atoms with E-state index in [4.69, 9.17) is 4.74 Å². The second-order valence-electron chi connectivity index (χ2n) is 4.26. The summed E-state index contributed by atoms with van der Waals surface area (Å²) >= 11 is 3.26. The van der Waals surface area contributed by atoms with Crippen LogP contribution >= 0.6 is 15.9 Å². The molecular weight excluding hydrogens is 312 g/mol.